The molecule has 0 saturated heterocycles. The van der Waals surface area contributed by atoms with E-state index in [2.05, 4.69) is 0 Å². The monoisotopic (exact) mass is 265 g/mol. The first-order valence-electron chi connectivity index (χ1n) is 2.50. The molecule has 0 aliphatic heterocycles. The van der Waals surface area contributed by atoms with E-state index < -0.39 is 0 Å². The Morgan fingerprint density at radius 1 is 0.500 bits per heavy atom. The number of hydrogen-bond acceptors (Lipinski definition) is 0. The van der Waals surface area contributed by atoms with E-state index in [-0.39, 0.29) is 21.1 Å². The van der Waals surface area contributed by atoms with Gasteiger partial charge >= 0.3 is 21.1 Å². The molecule has 0 bridgehead atoms. The molecule has 0 amide bonds. The van der Waals surface area contributed by atoms with Crippen LogP contribution in [0.25, 0.3) is 0 Å². The third kappa shape index (κ3) is 1.97. The summed E-state index contributed by atoms with van der Waals surface area (Å²) >= 11 is 0. The second-order valence-electron chi connectivity index (χ2n) is 1.77. The molecule has 0 nitrogen and oxygen atoms in total. The summed E-state index contributed by atoms with van der Waals surface area (Å²) in [6.45, 7) is 0. The molecule has 1 rings (SSSR count). The summed E-state index contributed by atoms with van der Waals surface area (Å²) in [6, 6.07) is 0. The molecule has 0 spiro atoms. The van der Waals surface area contributed by atoms with E-state index in [1.807, 2.05) is 0 Å². The van der Waals surface area contributed by atoms with E-state index in [4.69, 9.17) is 0 Å². The maximum absolute atomic E-state index is 1.50. The summed E-state index contributed by atoms with van der Waals surface area (Å²) in [5, 5.41) is 0. The van der Waals surface area contributed by atoms with Crippen molar-refractivity contribution in [1.29, 1.82) is 0 Å². The van der Waals surface area contributed by atoms with E-state index in [0.717, 1.165) is 0 Å². The van der Waals surface area contributed by atoms with Crippen molar-refractivity contribution in [2.75, 3.05) is 0 Å². The van der Waals surface area contributed by atoms with Gasteiger partial charge in [0, 0.05) is 0 Å². The third-order valence-electron chi connectivity index (χ3n) is 1.25. The molecule has 1 saturated carbocycles. The van der Waals surface area contributed by atoms with Gasteiger partial charge in [0.25, 0.3) is 0 Å². The van der Waals surface area contributed by atoms with E-state index in [0.29, 0.717) is 0 Å². The van der Waals surface area contributed by atoms with Crippen LogP contribution < -0.4 is 0 Å². The summed E-state index contributed by atoms with van der Waals surface area (Å²) in [4.78, 5) is 0. The molecule has 0 atom stereocenters. The zero-order valence-electron chi connectivity index (χ0n) is 3.85. The number of hydrogen-bond donors (Lipinski definition) is 0. The van der Waals surface area contributed by atoms with Crippen molar-refractivity contribution in [1.82, 2.24) is 0 Å². The predicted octanol–water partition coefficient (Wildman–Crippen LogP) is 1.95. The van der Waals surface area contributed by atoms with Crippen LogP contribution in [0.1, 0.15) is 32.1 Å². The number of rotatable bonds is 0. The summed E-state index contributed by atoms with van der Waals surface area (Å²) in [5.74, 6) is 0. The largest absolute Gasteiger partial charge is 4.00 e. The molecular weight excluding hydrogens is 255 g/mol. The predicted molar refractivity (Wildman–Crippen MR) is 23.1 cm³/mol. The van der Waals surface area contributed by atoms with Crippen LogP contribution in [-0.2, 0) is 21.1 Å². The molecular formula is C5H10Pt+4. The average Bonchev–Trinajstić information content (AvgIpc) is 1.76. The molecule has 1 fully saturated rings. The van der Waals surface area contributed by atoms with Crippen LogP contribution in [0.4, 0.5) is 0 Å². The van der Waals surface area contributed by atoms with Gasteiger partial charge in [0.2, 0.25) is 0 Å². The Balaban J connectivity index is 0.000000250. The first kappa shape index (κ1) is 6.69. The van der Waals surface area contributed by atoms with Crippen LogP contribution in [0.2, 0.25) is 0 Å². The van der Waals surface area contributed by atoms with Gasteiger partial charge in [-0.25, -0.2) is 0 Å². The maximum Gasteiger partial charge on any atom is 4.00 e. The zero-order chi connectivity index (χ0) is 3.54. The Bertz CT molecular complexity index is 15.5. The van der Waals surface area contributed by atoms with E-state index in [1.165, 1.54) is 32.1 Å². The first-order valence-corrected chi connectivity index (χ1v) is 2.50. The van der Waals surface area contributed by atoms with Gasteiger partial charge in [-0.2, -0.15) is 0 Å². The van der Waals surface area contributed by atoms with Crippen LogP contribution in [0, 0.1) is 0 Å². The van der Waals surface area contributed by atoms with Gasteiger partial charge in [0.15, 0.2) is 0 Å². The summed E-state index contributed by atoms with van der Waals surface area (Å²) in [6.07, 6.45) is 7.50. The van der Waals surface area contributed by atoms with Crippen molar-refractivity contribution in [3.63, 3.8) is 0 Å². The van der Waals surface area contributed by atoms with Gasteiger partial charge in [0.05, 0.1) is 0 Å². The van der Waals surface area contributed by atoms with Gasteiger partial charge in [-0.15, -0.1) is 0 Å². The minimum atomic E-state index is 0. The topological polar surface area (TPSA) is 0 Å². The van der Waals surface area contributed by atoms with Crippen molar-refractivity contribution in [2.24, 2.45) is 0 Å². The molecule has 0 unspecified atom stereocenters. The molecule has 0 heterocycles. The van der Waals surface area contributed by atoms with Gasteiger partial charge in [0.1, 0.15) is 0 Å². The van der Waals surface area contributed by atoms with Gasteiger partial charge in [-0.3, -0.25) is 0 Å². The fraction of sp³-hybridized carbons (Fsp3) is 1.00. The van der Waals surface area contributed by atoms with Crippen LogP contribution >= 0.6 is 0 Å². The van der Waals surface area contributed by atoms with Crippen LogP contribution in [-0.4, -0.2) is 0 Å². The van der Waals surface area contributed by atoms with Crippen LogP contribution in [0.15, 0.2) is 0 Å². The average molecular weight is 265 g/mol. The summed E-state index contributed by atoms with van der Waals surface area (Å²) in [7, 11) is 0. The quantitative estimate of drug-likeness (QED) is 0.628. The fourth-order valence-electron chi connectivity index (χ4n) is 0.884. The second kappa shape index (κ2) is 3.86. The third-order valence-corrected chi connectivity index (χ3v) is 1.25. The Morgan fingerprint density at radius 3 is 0.833 bits per heavy atom. The zero-order valence-corrected chi connectivity index (χ0v) is 6.12. The molecule has 0 aromatic carbocycles. The van der Waals surface area contributed by atoms with Crippen molar-refractivity contribution in [2.45, 2.75) is 32.1 Å². The standard InChI is InChI=1S/C5H10.Pt/c1-2-4-5-3-1;/h1-5H2;/q;+4. The van der Waals surface area contributed by atoms with Crippen molar-refractivity contribution >= 4 is 0 Å². The van der Waals surface area contributed by atoms with Crippen molar-refractivity contribution < 1.29 is 21.1 Å². The molecule has 6 heavy (non-hydrogen) atoms. The van der Waals surface area contributed by atoms with E-state index in [1.54, 1.807) is 0 Å². The smallest absolute Gasteiger partial charge is 0.0533 e. The van der Waals surface area contributed by atoms with Gasteiger partial charge < -0.3 is 0 Å². The molecule has 1 heteroatoms. The molecule has 36 valence electrons. The fourth-order valence-corrected chi connectivity index (χ4v) is 0.884. The SMILES string of the molecule is C1CCCC1.[Pt+4]. The minimum absolute atomic E-state index is 0. The van der Waals surface area contributed by atoms with Gasteiger partial charge in [-0.05, 0) is 0 Å². The van der Waals surface area contributed by atoms with Gasteiger partial charge in [-0.1, -0.05) is 32.1 Å². The normalized spacial score (nSPS) is 20.0. The Morgan fingerprint density at radius 2 is 0.667 bits per heavy atom. The van der Waals surface area contributed by atoms with Crippen molar-refractivity contribution in [3.05, 3.63) is 0 Å². The van der Waals surface area contributed by atoms with Crippen LogP contribution in [0.3, 0.4) is 0 Å². The minimum Gasteiger partial charge on any atom is -0.0533 e. The Labute approximate surface area is 53.6 Å². The Hall–Kier alpha value is 0.688. The molecule has 0 N–H and O–H groups in total. The Kier molecular flexibility index (Phi) is 4.31. The maximum atomic E-state index is 1.50. The summed E-state index contributed by atoms with van der Waals surface area (Å²) in [5.41, 5.74) is 0. The molecule has 1 aliphatic carbocycles. The second-order valence-corrected chi connectivity index (χ2v) is 1.77. The van der Waals surface area contributed by atoms with E-state index in [9.17, 15) is 0 Å². The van der Waals surface area contributed by atoms with E-state index >= 15 is 0 Å². The molecule has 1 aliphatic rings. The first-order chi connectivity index (χ1) is 2.50. The van der Waals surface area contributed by atoms with Crippen LogP contribution in [0.5, 0.6) is 0 Å². The molecule has 0 radical (unpaired) electrons. The van der Waals surface area contributed by atoms with Crippen molar-refractivity contribution in [3.8, 4) is 0 Å². The molecule has 0 aromatic heterocycles. The molecule has 0 aromatic rings. The summed E-state index contributed by atoms with van der Waals surface area (Å²) < 4.78 is 0.